The maximum absolute atomic E-state index is 10.8. The van der Waals surface area contributed by atoms with Gasteiger partial charge in [-0.25, -0.2) is 9.79 Å². The van der Waals surface area contributed by atoms with E-state index in [2.05, 4.69) is 9.98 Å². The van der Waals surface area contributed by atoms with Crippen molar-refractivity contribution in [2.45, 2.75) is 0 Å². The van der Waals surface area contributed by atoms with E-state index >= 15 is 0 Å². The number of carboxylic acid groups (broad SMARTS) is 1. The SMILES string of the molecule is O=C(O)C1=C/N=C/C=c2/cccc/c2=N\1. The summed E-state index contributed by atoms with van der Waals surface area (Å²) in [4.78, 5) is 18.6. The van der Waals surface area contributed by atoms with Gasteiger partial charge in [-0.05, 0) is 12.1 Å². The molecule has 0 radical (unpaired) electrons. The maximum Gasteiger partial charge on any atom is 0.356 e. The Morgan fingerprint density at radius 2 is 2.07 bits per heavy atom. The second-order valence-corrected chi connectivity index (χ2v) is 2.95. The molecule has 15 heavy (non-hydrogen) atoms. The second kappa shape index (κ2) is 3.88. The molecule has 0 spiro atoms. The van der Waals surface area contributed by atoms with Crippen LogP contribution in [0, 0.1) is 0 Å². The van der Waals surface area contributed by atoms with Crippen molar-refractivity contribution in [3.8, 4) is 0 Å². The van der Waals surface area contributed by atoms with Crippen molar-refractivity contribution in [3.05, 3.63) is 46.7 Å². The minimum atomic E-state index is -1.08. The molecule has 0 aromatic heterocycles. The van der Waals surface area contributed by atoms with Crippen molar-refractivity contribution >= 4 is 18.3 Å². The first kappa shape index (κ1) is 9.33. The molecule has 1 heterocycles. The third-order valence-corrected chi connectivity index (χ3v) is 1.93. The highest BCUT2D eigenvalue weighted by Crippen LogP contribution is 1.96. The van der Waals surface area contributed by atoms with Crippen LogP contribution in [0.5, 0.6) is 0 Å². The Balaban J connectivity index is 2.72. The molecule has 0 bridgehead atoms. The molecule has 0 amide bonds. The van der Waals surface area contributed by atoms with Gasteiger partial charge in [-0.15, -0.1) is 0 Å². The highest BCUT2D eigenvalue weighted by Gasteiger charge is 2.04. The summed E-state index contributed by atoms with van der Waals surface area (Å²) in [6.45, 7) is 0. The fourth-order valence-electron chi connectivity index (χ4n) is 1.23. The molecule has 0 atom stereocenters. The lowest BCUT2D eigenvalue weighted by atomic mass is 10.2. The van der Waals surface area contributed by atoms with Gasteiger partial charge in [-0.3, -0.25) is 4.99 Å². The van der Waals surface area contributed by atoms with Gasteiger partial charge in [0, 0.05) is 11.4 Å². The lowest BCUT2D eigenvalue weighted by molar-refractivity contribution is -0.132. The van der Waals surface area contributed by atoms with E-state index in [1.807, 2.05) is 18.2 Å². The van der Waals surface area contributed by atoms with E-state index in [4.69, 9.17) is 5.11 Å². The molecule has 1 aliphatic heterocycles. The van der Waals surface area contributed by atoms with Crippen LogP contribution in [0.3, 0.4) is 0 Å². The number of aliphatic imine (C=N–C) groups is 1. The smallest absolute Gasteiger partial charge is 0.356 e. The van der Waals surface area contributed by atoms with Crippen molar-refractivity contribution in [3.63, 3.8) is 0 Å². The molecule has 74 valence electrons. The van der Waals surface area contributed by atoms with Gasteiger partial charge >= 0.3 is 5.97 Å². The first-order valence-electron chi connectivity index (χ1n) is 4.38. The highest BCUT2D eigenvalue weighted by molar-refractivity contribution is 5.92. The van der Waals surface area contributed by atoms with Gasteiger partial charge in [-0.1, -0.05) is 18.2 Å². The quantitative estimate of drug-likeness (QED) is 0.698. The monoisotopic (exact) mass is 200 g/mol. The first-order valence-corrected chi connectivity index (χ1v) is 4.38. The normalized spacial score (nSPS) is 23.9. The van der Waals surface area contributed by atoms with E-state index in [1.54, 1.807) is 18.4 Å². The average Bonchev–Trinajstić information content (AvgIpc) is 2.18. The lowest BCUT2D eigenvalue weighted by Crippen LogP contribution is -2.25. The van der Waals surface area contributed by atoms with E-state index in [0.29, 0.717) is 5.36 Å². The minimum Gasteiger partial charge on any atom is -0.476 e. The molecule has 0 fully saturated rings. The van der Waals surface area contributed by atoms with Crippen molar-refractivity contribution < 1.29 is 9.90 Å². The summed E-state index contributed by atoms with van der Waals surface area (Å²) < 4.78 is 0. The summed E-state index contributed by atoms with van der Waals surface area (Å²) >= 11 is 0. The number of aliphatic carboxylic acids is 1. The van der Waals surface area contributed by atoms with Crippen molar-refractivity contribution in [1.82, 2.24) is 0 Å². The molecule has 1 aromatic rings. The van der Waals surface area contributed by atoms with Crippen LogP contribution in [0.1, 0.15) is 0 Å². The van der Waals surface area contributed by atoms with E-state index in [0.717, 1.165) is 5.22 Å². The number of hydrogen-bond donors (Lipinski definition) is 1. The van der Waals surface area contributed by atoms with Crippen LogP contribution >= 0.6 is 0 Å². The Labute approximate surface area is 85.6 Å². The molecular formula is C11H8N2O2. The number of carboxylic acids is 1. The maximum atomic E-state index is 10.8. The zero-order chi connectivity index (χ0) is 10.7. The van der Waals surface area contributed by atoms with E-state index in [1.165, 1.54) is 6.20 Å². The number of benzene rings is 1. The van der Waals surface area contributed by atoms with Gasteiger partial charge in [0.1, 0.15) is 0 Å². The molecule has 1 N–H and O–H groups in total. The number of nitrogens with zero attached hydrogens (tertiary/aromatic N) is 2. The summed E-state index contributed by atoms with van der Waals surface area (Å²) in [5.41, 5.74) is -0.0631. The predicted octanol–water partition coefficient (Wildman–Crippen LogP) is 0.0971. The number of carbonyl (C=O) groups is 1. The Hall–Kier alpha value is -2.23. The van der Waals surface area contributed by atoms with Crippen LogP contribution in [0.25, 0.3) is 6.08 Å². The Kier molecular flexibility index (Phi) is 2.41. The zero-order valence-corrected chi connectivity index (χ0v) is 7.79. The van der Waals surface area contributed by atoms with Crippen LogP contribution < -0.4 is 10.6 Å². The fraction of sp³-hybridized carbons (Fsp3) is 0. The zero-order valence-electron chi connectivity index (χ0n) is 7.79. The molecule has 4 nitrogen and oxygen atoms in total. The molecule has 0 aliphatic carbocycles. The number of rotatable bonds is 1. The summed E-state index contributed by atoms with van der Waals surface area (Å²) in [6, 6.07) is 7.30. The summed E-state index contributed by atoms with van der Waals surface area (Å²) in [5, 5.41) is 10.3. The van der Waals surface area contributed by atoms with Crippen LogP contribution in [-0.2, 0) is 4.79 Å². The van der Waals surface area contributed by atoms with Crippen molar-refractivity contribution in [2.24, 2.45) is 9.98 Å². The lowest BCUT2D eigenvalue weighted by Gasteiger charge is -1.95. The van der Waals surface area contributed by atoms with Crippen molar-refractivity contribution in [1.29, 1.82) is 0 Å². The predicted molar refractivity (Wildman–Crippen MR) is 55.9 cm³/mol. The number of fused-ring (bicyclic) bond motifs is 1. The summed E-state index contributed by atoms with van der Waals surface area (Å²) in [5.74, 6) is -1.08. The second-order valence-electron chi connectivity index (χ2n) is 2.95. The molecule has 1 aromatic carbocycles. The molecule has 2 rings (SSSR count). The third-order valence-electron chi connectivity index (χ3n) is 1.93. The summed E-state index contributed by atoms with van der Waals surface area (Å²) in [7, 11) is 0. The Bertz CT molecular complexity index is 570. The number of para-hydroxylation sites is 1. The highest BCUT2D eigenvalue weighted by atomic mass is 16.4. The molecule has 0 saturated carbocycles. The van der Waals surface area contributed by atoms with Crippen LogP contribution in [-0.4, -0.2) is 17.3 Å². The van der Waals surface area contributed by atoms with E-state index < -0.39 is 5.97 Å². The molecule has 4 heteroatoms. The van der Waals surface area contributed by atoms with Crippen LogP contribution in [0.4, 0.5) is 0 Å². The van der Waals surface area contributed by atoms with Crippen LogP contribution in [0.15, 0.2) is 46.1 Å². The molecule has 0 unspecified atom stereocenters. The topological polar surface area (TPSA) is 62.0 Å². The molecule has 0 saturated heterocycles. The van der Waals surface area contributed by atoms with Gasteiger partial charge in [-0.2, -0.15) is 0 Å². The average molecular weight is 200 g/mol. The van der Waals surface area contributed by atoms with Gasteiger partial charge in [0.05, 0.1) is 11.6 Å². The van der Waals surface area contributed by atoms with Crippen LogP contribution in [0.2, 0.25) is 0 Å². The first-order chi connectivity index (χ1) is 7.27. The fourth-order valence-corrected chi connectivity index (χ4v) is 1.23. The standard InChI is InChI=1S/C11H8N2O2/c14-11(15)10-7-12-6-5-8-3-1-2-4-9(8)13-10/h1-7H,(H,14,15)/b6-5?,8-5-,10-7-,12-6+,12-7?,13-9+,13-10?. The molecule has 1 aliphatic rings. The Morgan fingerprint density at radius 3 is 2.87 bits per heavy atom. The van der Waals surface area contributed by atoms with Crippen molar-refractivity contribution in [2.75, 3.05) is 0 Å². The van der Waals surface area contributed by atoms with Gasteiger partial charge in [0.15, 0.2) is 5.70 Å². The third kappa shape index (κ3) is 1.99. The molecular weight excluding hydrogens is 192 g/mol. The van der Waals surface area contributed by atoms with E-state index in [-0.39, 0.29) is 5.70 Å². The summed E-state index contributed by atoms with van der Waals surface area (Å²) in [6.07, 6.45) is 4.57. The van der Waals surface area contributed by atoms with E-state index in [9.17, 15) is 4.79 Å². The Morgan fingerprint density at radius 1 is 1.27 bits per heavy atom. The van der Waals surface area contributed by atoms with Gasteiger partial charge < -0.3 is 5.11 Å². The van der Waals surface area contributed by atoms with Gasteiger partial charge in [0.2, 0.25) is 0 Å². The largest absolute Gasteiger partial charge is 0.476 e. The van der Waals surface area contributed by atoms with Gasteiger partial charge in [0.25, 0.3) is 0 Å². The minimum absolute atomic E-state index is 0.0631. The number of hydrogen-bond acceptors (Lipinski definition) is 3.